The van der Waals surface area contributed by atoms with E-state index in [0.717, 1.165) is 19.3 Å². The van der Waals surface area contributed by atoms with Gasteiger partial charge in [0.25, 0.3) is 11.5 Å². The monoisotopic (exact) mass is 400 g/mol. The molecule has 2 aliphatic heterocycles. The summed E-state index contributed by atoms with van der Waals surface area (Å²) < 4.78 is 6.25. The summed E-state index contributed by atoms with van der Waals surface area (Å²) in [7, 11) is 0. The molecule has 0 radical (unpaired) electrons. The predicted octanol–water partition coefficient (Wildman–Crippen LogP) is 0.593. The number of hydrogen-bond donors (Lipinski definition) is 1. The van der Waals surface area contributed by atoms with E-state index < -0.39 is 11.2 Å². The highest BCUT2D eigenvalue weighted by molar-refractivity contribution is 5.94. The van der Waals surface area contributed by atoms with E-state index in [-0.39, 0.29) is 23.8 Å². The van der Waals surface area contributed by atoms with Gasteiger partial charge in [0.05, 0.1) is 11.8 Å². The van der Waals surface area contributed by atoms with Crippen LogP contribution in [0.15, 0.2) is 38.8 Å². The molecule has 2 aliphatic rings. The highest BCUT2D eigenvalue weighted by atomic mass is 16.3. The van der Waals surface area contributed by atoms with Crippen molar-refractivity contribution in [2.24, 2.45) is 5.41 Å². The summed E-state index contributed by atoms with van der Waals surface area (Å²) in [6, 6.07) is 1.66. The van der Waals surface area contributed by atoms with Crippen molar-refractivity contribution < 1.29 is 14.0 Å². The predicted molar refractivity (Wildman–Crippen MR) is 104 cm³/mol. The lowest BCUT2D eigenvalue weighted by Gasteiger charge is -2.40. The number of nitrogens with one attached hydrogen (secondary N) is 1. The van der Waals surface area contributed by atoms with Crippen LogP contribution in [0.5, 0.6) is 0 Å². The van der Waals surface area contributed by atoms with Crippen LogP contribution in [0.25, 0.3) is 0 Å². The van der Waals surface area contributed by atoms with E-state index >= 15 is 0 Å². The number of H-pyrrole nitrogens is 1. The Labute approximate surface area is 166 Å². The van der Waals surface area contributed by atoms with Crippen molar-refractivity contribution in [2.75, 3.05) is 26.2 Å². The molecule has 9 heteroatoms. The first-order valence-corrected chi connectivity index (χ1v) is 9.77. The standard InChI is InChI=1S/C20H24N4O5/c1-14-9-24(19(28)21-17(14)26)10-16(25)22-6-2-4-20(12-22)5-7-23(13-20)18(27)15-3-8-29-11-15/h3,8-9,11H,2,4-7,10,12-13H2,1H3,(H,21,26,28). The van der Waals surface area contributed by atoms with Gasteiger partial charge in [0, 0.05) is 43.4 Å². The third-order valence-corrected chi connectivity index (χ3v) is 6.00. The van der Waals surface area contributed by atoms with Crippen LogP contribution in [0.1, 0.15) is 35.2 Å². The lowest BCUT2D eigenvalue weighted by atomic mass is 9.79. The Morgan fingerprint density at radius 2 is 1.97 bits per heavy atom. The Bertz CT molecular complexity index is 1040. The SMILES string of the molecule is Cc1cn(CC(=O)N2CCCC3(CCN(C(=O)c4ccoc4)C3)C2)c(=O)[nH]c1=O. The minimum Gasteiger partial charge on any atom is -0.472 e. The van der Waals surface area contributed by atoms with Gasteiger partial charge in [-0.3, -0.25) is 23.9 Å². The average molecular weight is 400 g/mol. The van der Waals surface area contributed by atoms with Gasteiger partial charge < -0.3 is 14.2 Å². The molecular weight excluding hydrogens is 376 g/mol. The van der Waals surface area contributed by atoms with Crippen molar-refractivity contribution in [3.8, 4) is 0 Å². The van der Waals surface area contributed by atoms with Crippen molar-refractivity contribution in [2.45, 2.75) is 32.7 Å². The summed E-state index contributed by atoms with van der Waals surface area (Å²) >= 11 is 0. The van der Waals surface area contributed by atoms with E-state index in [2.05, 4.69) is 4.98 Å². The van der Waals surface area contributed by atoms with Gasteiger partial charge in [-0.15, -0.1) is 0 Å². The van der Waals surface area contributed by atoms with Gasteiger partial charge in [0.15, 0.2) is 0 Å². The number of hydrogen-bond acceptors (Lipinski definition) is 5. The number of aryl methyl sites for hydroxylation is 1. The number of likely N-dealkylation sites (tertiary alicyclic amines) is 2. The molecule has 0 aliphatic carbocycles. The maximum atomic E-state index is 12.8. The van der Waals surface area contributed by atoms with Crippen LogP contribution in [0.2, 0.25) is 0 Å². The van der Waals surface area contributed by atoms with Crippen molar-refractivity contribution in [1.82, 2.24) is 19.4 Å². The third kappa shape index (κ3) is 3.76. The van der Waals surface area contributed by atoms with E-state index in [1.807, 2.05) is 4.90 Å². The molecule has 0 bridgehead atoms. The second-order valence-corrected chi connectivity index (χ2v) is 8.11. The van der Waals surface area contributed by atoms with Gasteiger partial charge in [-0.2, -0.15) is 0 Å². The van der Waals surface area contributed by atoms with Crippen LogP contribution < -0.4 is 11.2 Å². The Morgan fingerprint density at radius 3 is 2.72 bits per heavy atom. The van der Waals surface area contributed by atoms with Crippen LogP contribution in [0, 0.1) is 12.3 Å². The van der Waals surface area contributed by atoms with E-state index in [1.165, 1.54) is 23.3 Å². The zero-order valence-corrected chi connectivity index (χ0v) is 16.3. The van der Waals surface area contributed by atoms with Gasteiger partial charge in [-0.25, -0.2) is 4.79 Å². The van der Waals surface area contributed by atoms with Crippen LogP contribution in [-0.2, 0) is 11.3 Å². The minimum absolute atomic E-state index is 0.0469. The van der Waals surface area contributed by atoms with Crippen LogP contribution >= 0.6 is 0 Å². The molecular formula is C20H24N4O5. The zero-order chi connectivity index (χ0) is 20.6. The van der Waals surface area contributed by atoms with Gasteiger partial charge >= 0.3 is 5.69 Å². The zero-order valence-electron chi connectivity index (χ0n) is 16.3. The molecule has 0 saturated carbocycles. The van der Waals surface area contributed by atoms with Crippen LogP contribution in [0.4, 0.5) is 0 Å². The molecule has 0 aromatic carbocycles. The molecule has 9 nitrogen and oxygen atoms in total. The second-order valence-electron chi connectivity index (χ2n) is 8.11. The molecule has 4 heterocycles. The van der Waals surface area contributed by atoms with Crippen molar-refractivity contribution in [3.63, 3.8) is 0 Å². The van der Waals surface area contributed by atoms with Crippen molar-refractivity contribution >= 4 is 11.8 Å². The number of aromatic nitrogens is 2. The third-order valence-electron chi connectivity index (χ3n) is 6.00. The lowest BCUT2D eigenvalue weighted by molar-refractivity contribution is -0.135. The fourth-order valence-electron chi connectivity index (χ4n) is 4.41. The fourth-order valence-corrected chi connectivity index (χ4v) is 4.41. The molecule has 29 heavy (non-hydrogen) atoms. The first-order valence-electron chi connectivity index (χ1n) is 9.77. The lowest BCUT2D eigenvalue weighted by Crippen LogP contribution is -2.49. The Morgan fingerprint density at radius 1 is 1.17 bits per heavy atom. The molecule has 1 atom stereocenters. The molecule has 2 amide bonds. The molecule has 2 aromatic rings. The number of nitrogens with zero attached hydrogens (tertiary/aromatic N) is 3. The minimum atomic E-state index is -0.585. The average Bonchev–Trinajstić information content (AvgIpc) is 3.36. The highest BCUT2D eigenvalue weighted by Gasteiger charge is 2.44. The Balaban J connectivity index is 1.44. The van der Waals surface area contributed by atoms with Gasteiger partial charge in [0.2, 0.25) is 5.91 Å². The number of furan rings is 1. The molecule has 2 fully saturated rings. The normalized spacial score (nSPS) is 21.7. The molecule has 1 unspecified atom stereocenters. The van der Waals surface area contributed by atoms with E-state index in [1.54, 1.807) is 17.9 Å². The topological polar surface area (TPSA) is 109 Å². The molecule has 2 aromatic heterocycles. The van der Waals surface area contributed by atoms with E-state index in [9.17, 15) is 19.2 Å². The van der Waals surface area contributed by atoms with Crippen molar-refractivity contribution in [1.29, 1.82) is 0 Å². The maximum Gasteiger partial charge on any atom is 0.328 e. The van der Waals surface area contributed by atoms with Gasteiger partial charge in [0.1, 0.15) is 12.8 Å². The summed E-state index contributed by atoms with van der Waals surface area (Å²) in [4.78, 5) is 54.8. The summed E-state index contributed by atoms with van der Waals surface area (Å²) in [5.74, 6) is -0.202. The van der Waals surface area contributed by atoms with Crippen molar-refractivity contribution in [3.05, 3.63) is 56.8 Å². The summed E-state index contributed by atoms with van der Waals surface area (Å²) in [5.41, 5.74) is -0.211. The number of rotatable bonds is 3. The summed E-state index contributed by atoms with van der Waals surface area (Å²) in [6.45, 7) is 3.96. The first kappa shape index (κ1) is 19.2. The second kappa shape index (κ2) is 7.38. The number of amides is 2. The van der Waals surface area contributed by atoms with E-state index in [4.69, 9.17) is 4.42 Å². The number of carbonyl (C=O) groups excluding carboxylic acids is 2. The largest absolute Gasteiger partial charge is 0.472 e. The van der Waals surface area contributed by atoms with Gasteiger partial charge in [-0.1, -0.05) is 0 Å². The number of carbonyl (C=O) groups is 2. The van der Waals surface area contributed by atoms with Crippen LogP contribution in [-0.4, -0.2) is 57.3 Å². The first-order chi connectivity index (χ1) is 13.9. The summed E-state index contributed by atoms with van der Waals surface area (Å²) in [6.07, 6.45) is 7.02. The van der Waals surface area contributed by atoms with Crippen LogP contribution in [0.3, 0.4) is 0 Å². The molecule has 154 valence electrons. The molecule has 4 rings (SSSR count). The molecule has 2 saturated heterocycles. The summed E-state index contributed by atoms with van der Waals surface area (Å²) in [5, 5.41) is 0. The Kier molecular flexibility index (Phi) is 4.89. The fraction of sp³-hybridized carbons (Fsp3) is 0.500. The number of piperidine rings is 1. The Hall–Kier alpha value is -3.10. The molecule has 1 spiro atoms. The van der Waals surface area contributed by atoms with E-state index in [0.29, 0.717) is 37.3 Å². The molecule has 1 N–H and O–H groups in total. The quantitative estimate of drug-likeness (QED) is 0.811. The highest BCUT2D eigenvalue weighted by Crippen LogP contribution is 2.39. The maximum absolute atomic E-state index is 12.8. The van der Waals surface area contributed by atoms with Gasteiger partial charge in [-0.05, 0) is 32.3 Å². The smallest absolute Gasteiger partial charge is 0.328 e. The number of aromatic amines is 1.